The zero-order valence-corrected chi connectivity index (χ0v) is 12.6. The van der Waals surface area contributed by atoms with Crippen molar-refractivity contribution in [2.45, 2.75) is 13.8 Å². The van der Waals surface area contributed by atoms with Crippen molar-refractivity contribution < 1.29 is 14.5 Å². The maximum atomic E-state index is 12.4. The first-order valence-electron chi connectivity index (χ1n) is 6.81. The van der Waals surface area contributed by atoms with E-state index in [1.807, 2.05) is 0 Å². The van der Waals surface area contributed by atoms with Gasteiger partial charge in [0, 0.05) is 13.0 Å². The van der Waals surface area contributed by atoms with Crippen LogP contribution in [-0.2, 0) is 4.79 Å². The number of anilines is 2. The molecule has 0 aliphatic rings. The van der Waals surface area contributed by atoms with Gasteiger partial charge in [0.15, 0.2) is 0 Å². The molecule has 7 nitrogen and oxygen atoms in total. The number of nitrogens with one attached hydrogen (secondary N) is 2. The molecule has 0 saturated carbocycles. The van der Waals surface area contributed by atoms with Crippen LogP contribution in [-0.4, -0.2) is 16.7 Å². The van der Waals surface area contributed by atoms with E-state index in [0.717, 1.165) is 0 Å². The third-order valence-electron chi connectivity index (χ3n) is 3.08. The summed E-state index contributed by atoms with van der Waals surface area (Å²) in [5, 5.41) is 16.2. The molecule has 2 N–H and O–H groups in total. The van der Waals surface area contributed by atoms with E-state index < -0.39 is 10.8 Å². The van der Waals surface area contributed by atoms with Crippen molar-refractivity contribution in [3.05, 3.63) is 63.7 Å². The number of amides is 2. The van der Waals surface area contributed by atoms with Crippen LogP contribution >= 0.6 is 0 Å². The Hall–Kier alpha value is -3.22. The normalized spacial score (nSPS) is 10.0. The lowest BCUT2D eigenvalue weighted by Gasteiger charge is -2.11. The number of benzene rings is 2. The van der Waals surface area contributed by atoms with E-state index in [9.17, 15) is 19.7 Å². The van der Waals surface area contributed by atoms with Gasteiger partial charge in [0.25, 0.3) is 11.6 Å². The summed E-state index contributed by atoms with van der Waals surface area (Å²) in [6, 6.07) is 11.0. The molecule has 0 saturated heterocycles. The predicted molar refractivity (Wildman–Crippen MR) is 86.5 cm³/mol. The maximum absolute atomic E-state index is 12.4. The summed E-state index contributed by atoms with van der Waals surface area (Å²) in [6.45, 7) is 3.06. The zero-order chi connectivity index (χ0) is 17.0. The van der Waals surface area contributed by atoms with Crippen molar-refractivity contribution in [3.63, 3.8) is 0 Å². The molecule has 7 heteroatoms. The minimum absolute atomic E-state index is 0.100. The van der Waals surface area contributed by atoms with Crippen LogP contribution in [0, 0.1) is 17.0 Å². The summed E-state index contributed by atoms with van der Waals surface area (Å²) in [7, 11) is 0. The Morgan fingerprint density at radius 2 is 1.74 bits per heavy atom. The van der Waals surface area contributed by atoms with Crippen LogP contribution in [0.25, 0.3) is 0 Å². The second kappa shape index (κ2) is 6.69. The van der Waals surface area contributed by atoms with Crippen molar-refractivity contribution in [2.24, 2.45) is 0 Å². The second-order valence-electron chi connectivity index (χ2n) is 4.96. The highest BCUT2D eigenvalue weighted by Gasteiger charge is 2.18. The van der Waals surface area contributed by atoms with E-state index in [4.69, 9.17) is 0 Å². The van der Waals surface area contributed by atoms with Gasteiger partial charge in [0.1, 0.15) is 5.69 Å². The Kier molecular flexibility index (Phi) is 4.70. The fraction of sp³-hybridized carbons (Fsp3) is 0.125. The first-order chi connectivity index (χ1) is 10.9. The smallest absolute Gasteiger partial charge is 0.293 e. The number of para-hydroxylation sites is 1. The molecule has 0 aliphatic carbocycles. The van der Waals surface area contributed by atoms with E-state index in [1.54, 1.807) is 31.2 Å². The third-order valence-corrected chi connectivity index (χ3v) is 3.08. The lowest BCUT2D eigenvalue weighted by molar-refractivity contribution is -0.384. The lowest BCUT2D eigenvalue weighted by atomic mass is 10.1. The van der Waals surface area contributed by atoms with Gasteiger partial charge in [-0.25, -0.2) is 0 Å². The fourth-order valence-corrected chi connectivity index (χ4v) is 2.07. The summed E-state index contributed by atoms with van der Waals surface area (Å²) in [6.07, 6.45) is 0. The molecule has 0 heterocycles. The summed E-state index contributed by atoms with van der Waals surface area (Å²) >= 11 is 0. The van der Waals surface area contributed by atoms with Gasteiger partial charge in [-0.15, -0.1) is 0 Å². The van der Waals surface area contributed by atoms with E-state index in [0.29, 0.717) is 11.3 Å². The summed E-state index contributed by atoms with van der Waals surface area (Å²) in [5.41, 5.74) is 1.19. The molecule has 0 spiro atoms. The molecular formula is C16H15N3O4. The number of carbonyl (C=O) groups excluding carboxylic acids is 2. The van der Waals surface area contributed by atoms with Crippen LogP contribution < -0.4 is 10.6 Å². The van der Waals surface area contributed by atoms with Gasteiger partial charge in [-0.3, -0.25) is 19.7 Å². The monoisotopic (exact) mass is 313 g/mol. The number of nitro groups is 1. The average molecular weight is 313 g/mol. The lowest BCUT2D eigenvalue weighted by Crippen LogP contribution is -2.17. The maximum Gasteiger partial charge on any atom is 0.293 e. The van der Waals surface area contributed by atoms with Crippen LogP contribution in [0.3, 0.4) is 0 Å². The molecule has 118 valence electrons. The number of aryl methyl sites for hydroxylation is 1. The molecule has 2 rings (SSSR count). The fourth-order valence-electron chi connectivity index (χ4n) is 2.07. The first kappa shape index (κ1) is 16.2. The Bertz CT molecular complexity index is 787. The average Bonchev–Trinajstić information content (AvgIpc) is 2.48. The minimum atomic E-state index is -0.553. The van der Waals surface area contributed by atoms with Crippen molar-refractivity contribution >= 4 is 28.9 Å². The quantitative estimate of drug-likeness (QED) is 0.668. The highest BCUT2D eigenvalue weighted by Crippen LogP contribution is 2.26. The SMILES string of the molecule is CC(=O)Nc1ccccc1C(=O)Nc1ccc(C)cc1[N+](=O)[O-]. The summed E-state index contributed by atoms with van der Waals surface area (Å²) in [4.78, 5) is 34.1. The Morgan fingerprint density at radius 1 is 1.04 bits per heavy atom. The number of hydrogen-bond donors (Lipinski definition) is 2. The summed E-state index contributed by atoms with van der Waals surface area (Å²) < 4.78 is 0. The standard InChI is InChI=1S/C16H15N3O4/c1-10-7-8-14(15(9-10)19(22)23)18-16(21)12-5-3-4-6-13(12)17-11(2)20/h3-9H,1-2H3,(H,17,20)(H,18,21). The van der Waals surface area contributed by atoms with Crippen molar-refractivity contribution in [1.82, 2.24) is 0 Å². The van der Waals surface area contributed by atoms with Gasteiger partial charge < -0.3 is 10.6 Å². The molecule has 2 amide bonds. The van der Waals surface area contributed by atoms with E-state index >= 15 is 0 Å². The van der Waals surface area contributed by atoms with Crippen LogP contribution in [0.4, 0.5) is 17.1 Å². The van der Waals surface area contributed by atoms with Crippen molar-refractivity contribution in [1.29, 1.82) is 0 Å². The third kappa shape index (κ3) is 3.91. The molecular weight excluding hydrogens is 298 g/mol. The molecule has 23 heavy (non-hydrogen) atoms. The number of hydrogen-bond acceptors (Lipinski definition) is 4. The molecule has 0 unspecified atom stereocenters. The van der Waals surface area contributed by atoms with Crippen molar-refractivity contribution in [3.8, 4) is 0 Å². The Morgan fingerprint density at radius 3 is 2.39 bits per heavy atom. The van der Waals surface area contributed by atoms with Crippen LogP contribution in [0.15, 0.2) is 42.5 Å². The van der Waals surface area contributed by atoms with Crippen LogP contribution in [0.5, 0.6) is 0 Å². The van der Waals surface area contributed by atoms with Gasteiger partial charge in [0.2, 0.25) is 5.91 Å². The molecule has 0 bridgehead atoms. The highest BCUT2D eigenvalue weighted by atomic mass is 16.6. The molecule has 2 aromatic rings. The largest absolute Gasteiger partial charge is 0.326 e. The minimum Gasteiger partial charge on any atom is -0.326 e. The van der Waals surface area contributed by atoms with Gasteiger partial charge in [-0.05, 0) is 30.7 Å². The number of rotatable bonds is 4. The van der Waals surface area contributed by atoms with Crippen LogP contribution in [0.2, 0.25) is 0 Å². The molecule has 0 fully saturated rings. The Labute approximate surface area is 132 Å². The van der Waals surface area contributed by atoms with E-state index in [1.165, 1.54) is 25.1 Å². The van der Waals surface area contributed by atoms with Crippen molar-refractivity contribution in [2.75, 3.05) is 10.6 Å². The van der Waals surface area contributed by atoms with Gasteiger partial charge in [-0.1, -0.05) is 18.2 Å². The number of carbonyl (C=O) groups is 2. The molecule has 2 aromatic carbocycles. The molecule has 0 aliphatic heterocycles. The topological polar surface area (TPSA) is 101 Å². The van der Waals surface area contributed by atoms with Crippen LogP contribution in [0.1, 0.15) is 22.8 Å². The van der Waals surface area contributed by atoms with E-state index in [-0.39, 0.29) is 22.8 Å². The molecule has 0 radical (unpaired) electrons. The predicted octanol–water partition coefficient (Wildman–Crippen LogP) is 3.11. The van der Waals surface area contributed by atoms with Gasteiger partial charge in [0.05, 0.1) is 16.2 Å². The first-order valence-corrected chi connectivity index (χ1v) is 6.81. The van der Waals surface area contributed by atoms with E-state index in [2.05, 4.69) is 10.6 Å². The zero-order valence-electron chi connectivity index (χ0n) is 12.6. The number of nitro benzene ring substituents is 1. The van der Waals surface area contributed by atoms with Gasteiger partial charge in [-0.2, -0.15) is 0 Å². The highest BCUT2D eigenvalue weighted by molar-refractivity contribution is 6.10. The number of nitrogens with zero attached hydrogens (tertiary/aromatic N) is 1. The molecule has 0 aromatic heterocycles. The van der Waals surface area contributed by atoms with Gasteiger partial charge >= 0.3 is 0 Å². The Balaban J connectivity index is 2.34. The summed E-state index contributed by atoms with van der Waals surface area (Å²) in [5.74, 6) is -0.854. The second-order valence-corrected chi connectivity index (χ2v) is 4.96. The molecule has 0 atom stereocenters.